The van der Waals surface area contributed by atoms with E-state index >= 15 is 0 Å². The zero-order chi connectivity index (χ0) is 14.1. The summed E-state index contributed by atoms with van der Waals surface area (Å²) in [5, 5.41) is 0. The van der Waals surface area contributed by atoms with Gasteiger partial charge in [0.15, 0.2) is 0 Å². The highest BCUT2D eigenvalue weighted by molar-refractivity contribution is 9.11. The number of benzene rings is 1. The van der Waals surface area contributed by atoms with Gasteiger partial charge in [-0.1, -0.05) is 34.1 Å². The number of anilines is 1. The first-order chi connectivity index (χ1) is 9.13. The summed E-state index contributed by atoms with van der Waals surface area (Å²) in [5.74, 6) is 0. The Morgan fingerprint density at radius 3 is 2.11 bits per heavy atom. The third kappa shape index (κ3) is 6.20. The van der Waals surface area contributed by atoms with Crippen molar-refractivity contribution in [1.82, 2.24) is 4.98 Å². The normalized spacial score (nSPS) is 9.89. The molecule has 2 aromatic rings. The zero-order valence-corrected chi connectivity index (χ0v) is 13.1. The molecule has 1 aromatic heterocycles. The molecule has 0 bridgehead atoms. The minimum atomic E-state index is 1.07. The molecule has 19 heavy (non-hydrogen) atoms. The van der Waals surface area contributed by atoms with Gasteiger partial charge in [0.05, 0.1) is 0 Å². The van der Waals surface area contributed by atoms with Crippen LogP contribution in [0.2, 0.25) is 0 Å². The Labute approximate surface area is 123 Å². The number of hydrogen-bond acceptors (Lipinski definition) is 2. The first-order valence-corrected chi connectivity index (χ1v) is 6.97. The number of aromatic nitrogens is 1. The number of hydrogen-bond donors (Lipinski definition) is 0. The second-order valence-corrected chi connectivity index (χ2v) is 4.78. The Morgan fingerprint density at radius 1 is 1.05 bits per heavy atom. The van der Waals surface area contributed by atoms with Gasteiger partial charge in [0.25, 0.3) is 0 Å². The summed E-state index contributed by atoms with van der Waals surface area (Å²) in [6.45, 7) is 1.97. The van der Waals surface area contributed by atoms with Crippen molar-refractivity contribution in [3.05, 3.63) is 64.9 Å². The minimum Gasteiger partial charge on any atom is -0.378 e. The van der Waals surface area contributed by atoms with Gasteiger partial charge < -0.3 is 4.90 Å². The average molecular weight is 319 g/mol. The maximum absolute atomic E-state index is 3.98. The maximum Gasteiger partial charge on any atom is 0.0372 e. The number of nitrogens with zero attached hydrogens (tertiary/aromatic N) is 2. The van der Waals surface area contributed by atoms with Crippen LogP contribution < -0.4 is 4.90 Å². The van der Waals surface area contributed by atoms with Crippen LogP contribution in [0.25, 0.3) is 6.08 Å². The lowest BCUT2D eigenvalue weighted by Crippen LogP contribution is -2.07. The Morgan fingerprint density at radius 2 is 1.74 bits per heavy atom. The van der Waals surface area contributed by atoms with Crippen molar-refractivity contribution in [2.24, 2.45) is 0 Å². The summed E-state index contributed by atoms with van der Waals surface area (Å²) in [6, 6.07) is 14.2. The summed E-state index contributed by atoms with van der Waals surface area (Å²) in [6.07, 6.45) is 3.80. The number of rotatable bonds is 2. The highest BCUT2D eigenvalue weighted by atomic mass is 79.9. The summed E-state index contributed by atoms with van der Waals surface area (Å²) in [7, 11) is 4.07. The number of halogens is 1. The molecule has 0 saturated carbocycles. The molecule has 0 aliphatic heterocycles. The maximum atomic E-state index is 3.98. The van der Waals surface area contributed by atoms with E-state index in [1.165, 1.54) is 11.3 Å². The monoisotopic (exact) mass is 318 g/mol. The van der Waals surface area contributed by atoms with E-state index in [0.717, 1.165) is 5.69 Å². The molecule has 0 atom stereocenters. The van der Waals surface area contributed by atoms with Crippen LogP contribution in [0.1, 0.15) is 11.3 Å². The van der Waals surface area contributed by atoms with E-state index < -0.39 is 0 Å². The smallest absolute Gasteiger partial charge is 0.0372 e. The lowest BCUT2D eigenvalue weighted by atomic mass is 10.2. The van der Waals surface area contributed by atoms with E-state index in [1.807, 2.05) is 50.3 Å². The summed E-state index contributed by atoms with van der Waals surface area (Å²) in [5.41, 5.74) is 3.50. The highest BCUT2D eigenvalue weighted by Gasteiger charge is 1.92. The molecule has 0 N–H and O–H groups in total. The van der Waals surface area contributed by atoms with Crippen molar-refractivity contribution in [2.75, 3.05) is 19.0 Å². The van der Waals surface area contributed by atoms with Crippen molar-refractivity contribution in [1.29, 1.82) is 0 Å². The zero-order valence-electron chi connectivity index (χ0n) is 11.5. The molecule has 0 aliphatic rings. The highest BCUT2D eigenvalue weighted by Crippen LogP contribution is 2.13. The van der Waals surface area contributed by atoms with Crippen molar-refractivity contribution in [3.8, 4) is 0 Å². The summed E-state index contributed by atoms with van der Waals surface area (Å²) in [4.78, 5) is 7.92. The van der Waals surface area contributed by atoms with Crippen LogP contribution in [0.4, 0.5) is 5.69 Å². The quantitative estimate of drug-likeness (QED) is 0.810. The first-order valence-electron chi connectivity index (χ1n) is 6.05. The molecule has 100 valence electrons. The van der Waals surface area contributed by atoms with E-state index in [1.54, 1.807) is 6.20 Å². The Hall–Kier alpha value is -1.61. The van der Waals surface area contributed by atoms with Gasteiger partial charge in [0, 0.05) is 31.7 Å². The topological polar surface area (TPSA) is 16.1 Å². The second-order valence-electron chi connectivity index (χ2n) is 4.25. The molecule has 0 unspecified atom stereocenters. The molecule has 2 rings (SSSR count). The minimum absolute atomic E-state index is 1.07. The molecule has 1 heterocycles. The van der Waals surface area contributed by atoms with Crippen molar-refractivity contribution in [2.45, 2.75) is 6.92 Å². The molecule has 0 spiro atoms. The molecule has 0 aliphatic carbocycles. The van der Waals surface area contributed by atoms with Gasteiger partial charge in [-0.15, -0.1) is 0 Å². The molecule has 0 saturated heterocycles. The lowest BCUT2D eigenvalue weighted by molar-refractivity contribution is 1.13. The van der Waals surface area contributed by atoms with Crippen LogP contribution in [-0.2, 0) is 0 Å². The van der Waals surface area contributed by atoms with Crippen molar-refractivity contribution in [3.63, 3.8) is 0 Å². The predicted molar refractivity (Wildman–Crippen MR) is 87.7 cm³/mol. The SMILES string of the molecule is CN(C)c1ccc(C=CBr)cc1.Cc1ccccn1. The van der Waals surface area contributed by atoms with Gasteiger partial charge in [-0.25, -0.2) is 0 Å². The Bertz CT molecular complexity index is 490. The van der Waals surface area contributed by atoms with Gasteiger partial charge in [-0.2, -0.15) is 0 Å². The van der Waals surface area contributed by atoms with Gasteiger partial charge in [-0.3, -0.25) is 4.98 Å². The van der Waals surface area contributed by atoms with E-state index in [2.05, 4.69) is 50.1 Å². The average Bonchev–Trinajstić information content (AvgIpc) is 2.41. The fraction of sp³-hybridized carbons (Fsp3) is 0.188. The molecule has 1 aromatic carbocycles. The van der Waals surface area contributed by atoms with Gasteiger partial charge >= 0.3 is 0 Å². The van der Waals surface area contributed by atoms with E-state index in [0.29, 0.717) is 0 Å². The largest absolute Gasteiger partial charge is 0.378 e. The van der Waals surface area contributed by atoms with Crippen molar-refractivity contribution >= 4 is 27.7 Å². The molecule has 0 radical (unpaired) electrons. The van der Waals surface area contributed by atoms with Crippen LogP contribution in [0.15, 0.2) is 53.6 Å². The van der Waals surface area contributed by atoms with Crippen LogP contribution >= 0.6 is 15.9 Å². The van der Waals surface area contributed by atoms with Gasteiger partial charge in [-0.05, 0) is 47.8 Å². The molecular formula is C16H19BrN2. The number of pyridine rings is 1. The van der Waals surface area contributed by atoms with Crippen molar-refractivity contribution < 1.29 is 0 Å². The fourth-order valence-electron chi connectivity index (χ4n) is 1.40. The first kappa shape index (κ1) is 15.4. The van der Waals surface area contributed by atoms with Gasteiger partial charge in [0.2, 0.25) is 0 Å². The Balaban J connectivity index is 0.000000218. The van der Waals surface area contributed by atoms with E-state index in [-0.39, 0.29) is 0 Å². The van der Waals surface area contributed by atoms with Crippen LogP contribution in [-0.4, -0.2) is 19.1 Å². The lowest BCUT2D eigenvalue weighted by Gasteiger charge is -2.11. The molecular weight excluding hydrogens is 300 g/mol. The Kier molecular flexibility index (Phi) is 6.90. The van der Waals surface area contributed by atoms with E-state index in [4.69, 9.17) is 0 Å². The number of aryl methyl sites for hydroxylation is 1. The van der Waals surface area contributed by atoms with E-state index in [9.17, 15) is 0 Å². The van der Waals surface area contributed by atoms with Crippen LogP contribution in [0, 0.1) is 6.92 Å². The standard InChI is InChI=1S/C10H12BrN.C6H7N/c1-12(2)10-5-3-9(4-6-10)7-8-11;1-6-4-2-3-5-7-6/h3-8H,1-2H3;2-5H,1H3. The van der Waals surface area contributed by atoms with Crippen LogP contribution in [0.5, 0.6) is 0 Å². The molecule has 3 heteroatoms. The predicted octanol–water partition coefficient (Wildman–Crippen LogP) is 4.51. The van der Waals surface area contributed by atoms with Gasteiger partial charge in [0.1, 0.15) is 0 Å². The molecule has 0 fully saturated rings. The van der Waals surface area contributed by atoms with Crippen LogP contribution in [0.3, 0.4) is 0 Å². The third-order valence-corrected chi connectivity index (χ3v) is 2.74. The fourth-order valence-corrected chi connectivity index (χ4v) is 1.71. The summed E-state index contributed by atoms with van der Waals surface area (Å²) >= 11 is 3.24. The summed E-state index contributed by atoms with van der Waals surface area (Å²) < 4.78 is 0. The second kappa shape index (κ2) is 8.48. The third-order valence-electron chi connectivity index (χ3n) is 2.48. The molecule has 0 amide bonds. The molecule has 2 nitrogen and oxygen atoms in total.